The van der Waals surface area contributed by atoms with Gasteiger partial charge in [-0.3, -0.25) is 4.79 Å². The molecule has 21 heavy (non-hydrogen) atoms. The lowest BCUT2D eigenvalue weighted by Crippen LogP contribution is -2.20. The van der Waals surface area contributed by atoms with E-state index >= 15 is 0 Å². The van der Waals surface area contributed by atoms with Crippen molar-refractivity contribution in [3.63, 3.8) is 0 Å². The quantitative estimate of drug-likeness (QED) is 0.816. The lowest BCUT2D eigenvalue weighted by atomic mass is 9.84. The van der Waals surface area contributed by atoms with E-state index in [0.29, 0.717) is 11.8 Å². The second-order valence-electron chi connectivity index (χ2n) is 6.05. The molecule has 0 radical (unpaired) electrons. The highest BCUT2D eigenvalue weighted by Gasteiger charge is 2.17. The fourth-order valence-electron chi connectivity index (χ4n) is 3.02. The summed E-state index contributed by atoms with van der Waals surface area (Å²) in [5.41, 5.74) is 2.50. The Bertz CT molecular complexity index is 554. The molecule has 1 aliphatic rings. The molecule has 1 aromatic rings. The molecule has 0 saturated heterocycles. The minimum absolute atomic E-state index is 0.223. The summed E-state index contributed by atoms with van der Waals surface area (Å²) >= 11 is 0. The predicted molar refractivity (Wildman–Crippen MR) is 84.8 cm³/mol. The number of rotatable bonds is 4. The SMILES string of the molecule is CC(=O)Nc1cc(NCC2CC(C)=CC(C)C2)ccc1F. The first kappa shape index (κ1) is 15.5. The number of hydrogen-bond donors (Lipinski definition) is 2. The number of carbonyl (C=O) groups excluding carboxylic acids is 1. The van der Waals surface area contributed by atoms with Crippen molar-refractivity contribution in [2.75, 3.05) is 17.2 Å². The molecule has 0 aromatic heterocycles. The molecule has 2 rings (SSSR count). The van der Waals surface area contributed by atoms with Gasteiger partial charge in [0.25, 0.3) is 0 Å². The number of nitrogens with one attached hydrogen (secondary N) is 2. The Labute approximate surface area is 125 Å². The largest absolute Gasteiger partial charge is 0.385 e. The molecule has 2 N–H and O–H groups in total. The number of carbonyl (C=O) groups is 1. The normalized spacial score (nSPS) is 21.6. The summed E-state index contributed by atoms with van der Waals surface area (Å²) < 4.78 is 13.6. The van der Waals surface area contributed by atoms with Crippen molar-refractivity contribution >= 4 is 17.3 Å². The van der Waals surface area contributed by atoms with E-state index < -0.39 is 5.82 Å². The number of benzene rings is 1. The van der Waals surface area contributed by atoms with E-state index in [1.165, 1.54) is 25.0 Å². The molecular weight excluding hydrogens is 267 g/mol. The van der Waals surface area contributed by atoms with Crippen LogP contribution in [-0.4, -0.2) is 12.5 Å². The molecule has 114 valence electrons. The van der Waals surface area contributed by atoms with Crippen LogP contribution in [0.25, 0.3) is 0 Å². The van der Waals surface area contributed by atoms with Crippen LogP contribution in [0.4, 0.5) is 15.8 Å². The van der Waals surface area contributed by atoms with Crippen LogP contribution in [0.2, 0.25) is 0 Å². The van der Waals surface area contributed by atoms with Crippen LogP contribution >= 0.6 is 0 Å². The lowest BCUT2D eigenvalue weighted by Gasteiger charge is -2.26. The first-order valence-corrected chi connectivity index (χ1v) is 7.42. The number of halogens is 1. The monoisotopic (exact) mass is 290 g/mol. The summed E-state index contributed by atoms with van der Waals surface area (Å²) in [6.45, 7) is 6.65. The van der Waals surface area contributed by atoms with Crippen LogP contribution < -0.4 is 10.6 Å². The molecule has 0 bridgehead atoms. The molecule has 0 spiro atoms. The van der Waals surface area contributed by atoms with Gasteiger partial charge in [-0.25, -0.2) is 4.39 Å². The zero-order valence-corrected chi connectivity index (χ0v) is 12.9. The van der Waals surface area contributed by atoms with Gasteiger partial charge in [-0.1, -0.05) is 18.6 Å². The van der Waals surface area contributed by atoms with Gasteiger partial charge in [0.2, 0.25) is 5.91 Å². The van der Waals surface area contributed by atoms with Gasteiger partial charge in [0.1, 0.15) is 5.82 Å². The van der Waals surface area contributed by atoms with E-state index in [2.05, 4.69) is 30.6 Å². The van der Waals surface area contributed by atoms with Crippen molar-refractivity contribution in [3.05, 3.63) is 35.7 Å². The van der Waals surface area contributed by atoms with E-state index in [9.17, 15) is 9.18 Å². The van der Waals surface area contributed by atoms with Gasteiger partial charge in [0.05, 0.1) is 5.69 Å². The third kappa shape index (κ3) is 4.59. The lowest BCUT2D eigenvalue weighted by molar-refractivity contribution is -0.114. The molecule has 2 unspecified atom stereocenters. The molecule has 4 heteroatoms. The average molecular weight is 290 g/mol. The van der Waals surface area contributed by atoms with Crippen molar-refractivity contribution in [1.82, 2.24) is 0 Å². The second kappa shape index (κ2) is 6.74. The van der Waals surface area contributed by atoms with Crippen LogP contribution in [0.3, 0.4) is 0 Å². The Balaban J connectivity index is 1.97. The Morgan fingerprint density at radius 2 is 2.19 bits per heavy atom. The standard InChI is InChI=1S/C17H23FN2O/c1-11-6-12(2)8-14(7-11)10-19-15-4-5-16(18)17(9-15)20-13(3)21/h4-6,9,11,14,19H,7-8,10H2,1-3H3,(H,20,21). The maximum Gasteiger partial charge on any atom is 0.221 e. The summed E-state index contributed by atoms with van der Waals surface area (Å²) in [5.74, 6) is 0.529. The van der Waals surface area contributed by atoms with Crippen molar-refractivity contribution in [2.24, 2.45) is 11.8 Å². The highest BCUT2D eigenvalue weighted by atomic mass is 19.1. The van der Waals surface area contributed by atoms with Gasteiger partial charge in [-0.05, 0) is 49.8 Å². The first-order chi connectivity index (χ1) is 9.94. The molecule has 0 fully saturated rings. The van der Waals surface area contributed by atoms with E-state index in [1.807, 2.05) is 0 Å². The van der Waals surface area contributed by atoms with Crippen molar-refractivity contribution in [2.45, 2.75) is 33.6 Å². The third-order valence-electron chi connectivity index (χ3n) is 3.76. The third-order valence-corrected chi connectivity index (χ3v) is 3.76. The number of amides is 1. The fraction of sp³-hybridized carbons (Fsp3) is 0.471. The Kier molecular flexibility index (Phi) is 4.99. The minimum atomic E-state index is -0.416. The van der Waals surface area contributed by atoms with Gasteiger partial charge >= 0.3 is 0 Å². The minimum Gasteiger partial charge on any atom is -0.385 e. The summed E-state index contributed by atoms with van der Waals surface area (Å²) in [4.78, 5) is 11.0. The van der Waals surface area contributed by atoms with E-state index in [-0.39, 0.29) is 11.6 Å². The zero-order chi connectivity index (χ0) is 15.4. The highest BCUT2D eigenvalue weighted by molar-refractivity contribution is 5.89. The van der Waals surface area contributed by atoms with Gasteiger partial charge in [-0.15, -0.1) is 0 Å². The molecule has 0 saturated carbocycles. The number of hydrogen-bond acceptors (Lipinski definition) is 2. The van der Waals surface area contributed by atoms with Gasteiger partial charge in [0.15, 0.2) is 0 Å². The number of anilines is 2. The molecule has 0 heterocycles. The van der Waals surface area contributed by atoms with Crippen LogP contribution in [0.5, 0.6) is 0 Å². The maximum atomic E-state index is 13.6. The van der Waals surface area contributed by atoms with Crippen LogP contribution in [0.15, 0.2) is 29.8 Å². The molecule has 1 amide bonds. The molecule has 3 nitrogen and oxygen atoms in total. The van der Waals surface area contributed by atoms with Gasteiger partial charge in [-0.2, -0.15) is 0 Å². The van der Waals surface area contributed by atoms with E-state index in [0.717, 1.165) is 18.7 Å². The summed E-state index contributed by atoms with van der Waals surface area (Å²) in [6.07, 6.45) is 4.62. The zero-order valence-electron chi connectivity index (χ0n) is 12.9. The fourth-order valence-corrected chi connectivity index (χ4v) is 3.02. The van der Waals surface area contributed by atoms with E-state index in [4.69, 9.17) is 0 Å². The summed E-state index contributed by atoms with van der Waals surface area (Å²) in [7, 11) is 0. The van der Waals surface area contributed by atoms with E-state index in [1.54, 1.807) is 12.1 Å². The summed E-state index contributed by atoms with van der Waals surface area (Å²) in [6, 6.07) is 4.73. The van der Waals surface area contributed by atoms with Crippen molar-refractivity contribution in [1.29, 1.82) is 0 Å². The first-order valence-electron chi connectivity index (χ1n) is 7.42. The summed E-state index contributed by atoms with van der Waals surface area (Å²) in [5, 5.41) is 5.85. The van der Waals surface area contributed by atoms with Crippen LogP contribution in [0, 0.1) is 17.7 Å². The van der Waals surface area contributed by atoms with Crippen molar-refractivity contribution in [3.8, 4) is 0 Å². The van der Waals surface area contributed by atoms with Crippen LogP contribution in [0.1, 0.15) is 33.6 Å². The molecule has 2 atom stereocenters. The number of allylic oxidation sites excluding steroid dienone is 2. The van der Waals surface area contributed by atoms with Crippen molar-refractivity contribution < 1.29 is 9.18 Å². The molecule has 1 aromatic carbocycles. The highest BCUT2D eigenvalue weighted by Crippen LogP contribution is 2.28. The average Bonchev–Trinajstić information content (AvgIpc) is 2.38. The van der Waals surface area contributed by atoms with Gasteiger partial charge < -0.3 is 10.6 Å². The van der Waals surface area contributed by atoms with Crippen LogP contribution in [-0.2, 0) is 4.79 Å². The smallest absolute Gasteiger partial charge is 0.221 e. The maximum absolute atomic E-state index is 13.6. The molecular formula is C17H23FN2O. The molecule has 1 aliphatic carbocycles. The topological polar surface area (TPSA) is 41.1 Å². The Hall–Kier alpha value is -1.84. The Morgan fingerprint density at radius 3 is 2.86 bits per heavy atom. The Morgan fingerprint density at radius 1 is 1.43 bits per heavy atom. The molecule has 0 aliphatic heterocycles. The van der Waals surface area contributed by atoms with Gasteiger partial charge in [0, 0.05) is 19.2 Å². The second-order valence-corrected chi connectivity index (χ2v) is 6.05. The predicted octanol–water partition coefficient (Wildman–Crippen LogP) is 4.19.